The lowest BCUT2D eigenvalue weighted by Gasteiger charge is -2.29. The summed E-state index contributed by atoms with van der Waals surface area (Å²) in [5.74, 6) is 2.05. The summed E-state index contributed by atoms with van der Waals surface area (Å²) < 4.78 is 16.2. The first kappa shape index (κ1) is 14.5. The molecule has 0 aliphatic carbocycles. The number of hydrogen-bond acceptors (Lipinski definition) is 4. The predicted molar refractivity (Wildman–Crippen MR) is 75.7 cm³/mol. The second-order valence-corrected chi connectivity index (χ2v) is 5.47. The van der Waals surface area contributed by atoms with Gasteiger partial charge in [0.1, 0.15) is 17.2 Å². The van der Waals surface area contributed by atoms with Crippen molar-refractivity contribution >= 4 is 5.91 Å². The molecule has 1 saturated heterocycles. The molecule has 1 amide bonds. The van der Waals surface area contributed by atoms with Crippen molar-refractivity contribution in [2.24, 2.45) is 0 Å². The number of methoxy groups -OCH3 is 3. The van der Waals surface area contributed by atoms with Crippen LogP contribution in [0.1, 0.15) is 31.7 Å². The van der Waals surface area contributed by atoms with Crippen LogP contribution in [0, 0.1) is 0 Å². The third-order valence-corrected chi connectivity index (χ3v) is 3.82. The van der Waals surface area contributed by atoms with Crippen LogP contribution in [0.15, 0.2) is 12.1 Å². The molecule has 0 spiro atoms. The number of nitrogens with one attached hydrogen (secondary N) is 1. The summed E-state index contributed by atoms with van der Waals surface area (Å²) in [5, 5.41) is 2.99. The van der Waals surface area contributed by atoms with Crippen molar-refractivity contribution in [1.82, 2.24) is 5.32 Å². The normalized spacial score (nSPS) is 20.4. The molecule has 5 nitrogen and oxygen atoms in total. The molecule has 0 aromatic heterocycles. The van der Waals surface area contributed by atoms with Gasteiger partial charge < -0.3 is 19.5 Å². The highest BCUT2D eigenvalue weighted by atomic mass is 16.5. The minimum atomic E-state index is -0.341. The van der Waals surface area contributed by atoms with Crippen LogP contribution in [0.5, 0.6) is 17.2 Å². The molecule has 110 valence electrons. The lowest BCUT2D eigenvalue weighted by molar-refractivity contribution is -0.119. The van der Waals surface area contributed by atoms with Crippen LogP contribution >= 0.6 is 0 Å². The summed E-state index contributed by atoms with van der Waals surface area (Å²) in [4.78, 5) is 11.7. The highest BCUT2D eigenvalue weighted by molar-refractivity contribution is 5.82. The van der Waals surface area contributed by atoms with Crippen LogP contribution in [0.25, 0.3) is 0 Å². The molecule has 20 heavy (non-hydrogen) atoms. The Kier molecular flexibility index (Phi) is 3.79. The van der Waals surface area contributed by atoms with Crippen molar-refractivity contribution in [2.45, 2.75) is 31.7 Å². The molecule has 1 aliphatic rings. The van der Waals surface area contributed by atoms with Crippen molar-refractivity contribution in [1.29, 1.82) is 0 Å². The van der Waals surface area contributed by atoms with Gasteiger partial charge in [-0.25, -0.2) is 0 Å². The van der Waals surface area contributed by atoms with Gasteiger partial charge in [-0.15, -0.1) is 0 Å². The predicted octanol–water partition coefficient (Wildman–Crippen LogP) is 2.09. The van der Waals surface area contributed by atoms with Gasteiger partial charge in [-0.1, -0.05) is 0 Å². The van der Waals surface area contributed by atoms with E-state index in [9.17, 15) is 4.79 Å². The van der Waals surface area contributed by atoms with Crippen molar-refractivity contribution in [3.63, 3.8) is 0 Å². The summed E-state index contributed by atoms with van der Waals surface area (Å²) in [6.45, 7) is 4.01. The smallest absolute Gasteiger partial charge is 0.221 e. The van der Waals surface area contributed by atoms with Crippen LogP contribution in [0.3, 0.4) is 0 Å². The van der Waals surface area contributed by atoms with Crippen LogP contribution in [-0.4, -0.2) is 32.8 Å². The van der Waals surface area contributed by atoms with E-state index < -0.39 is 0 Å². The molecule has 1 unspecified atom stereocenters. The van der Waals surface area contributed by atoms with Gasteiger partial charge in [-0.05, 0) is 13.8 Å². The first-order valence-electron chi connectivity index (χ1n) is 6.54. The Morgan fingerprint density at radius 3 is 2.00 bits per heavy atom. The second-order valence-electron chi connectivity index (χ2n) is 5.47. The van der Waals surface area contributed by atoms with Gasteiger partial charge in [0, 0.05) is 35.6 Å². The molecule has 1 fully saturated rings. The van der Waals surface area contributed by atoms with E-state index in [1.54, 1.807) is 21.3 Å². The third kappa shape index (κ3) is 2.40. The molecule has 0 radical (unpaired) electrons. The number of amides is 1. The number of rotatable bonds is 4. The Hall–Kier alpha value is -1.91. The van der Waals surface area contributed by atoms with Gasteiger partial charge in [-0.3, -0.25) is 4.79 Å². The van der Waals surface area contributed by atoms with Crippen molar-refractivity contribution < 1.29 is 19.0 Å². The Labute approximate surface area is 119 Å². The van der Waals surface area contributed by atoms with Crippen molar-refractivity contribution in [3.05, 3.63) is 17.7 Å². The number of carbonyl (C=O) groups excluding carboxylic acids is 1. The lowest BCUT2D eigenvalue weighted by Crippen LogP contribution is -2.38. The minimum absolute atomic E-state index is 0.00851. The summed E-state index contributed by atoms with van der Waals surface area (Å²) in [6.07, 6.45) is 0.423. The highest BCUT2D eigenvalue weighted by Gasteiger charge is 2.43. The molecule has 0 saturated carbocycles. The van der Waals surface area contributed by atoms with E-state index in [2.05, 4.69) is 5.32 Å². The molecule has 1 N–H and O–H groups in total. The summed E-state index contributed by atoms with van der Waals surface area (Å²) >= 11 is 0. The zero-order valence-corrected chi connectivity index (χ0v) is 12.6. The van der Waals surface area contributed by atoms with E-state index in [1.165, 1.54) is 0 Å². The number of hydrogen-bond donors (Lipinski definition) is 1. The zero-order valence-electron chi connectivity index (χ0n) is 12.6. The molecule has 1 aliphatic heterocycles. The van der Waals surface area contributed by atoms with Crippen molar-refractivity contribution in [2.75, 3.05) is 21.3 Å². The number of carbonyl (C=O) groups is 1. The van der Waals surface area contributed by atoms with E-state index in [4.69, 9.17) is 14.2 Å². The quantitative estimate of drug-likeness (QED) is 0.917. The molecular weight excluding hydrogens is 258 g/mol. The lowest BCUT2D eigenvalue weighted by atomic mass is 9.82. The Bertz CT molecular complexity index is 500. The fourth-order valence-electron chi connectivity index (χ4n) is 2.78. The van der Waals surface area contributed by atoms with Gasteiger partial charge in [0.2, 0.25) is 5.91 Å². The molecular formula is C15H21NO4. The average molecular weight is 279 g/mol. The molecule has 2 rings (SSSR count). The summed E-state index contributed by atoms with van der Waals surface area (Å²) in [7, 11) is 4.81. The largest absolute Gasteiger partial charge is 0.496 e. The first-order valence-corrected chi connectivity index (χ1v) is 6.54. The molecule has 5 heteroatoms. The molecule has 1 aromatic carbocycles. The summed E-state index contributed by atoms with van der Waals surface area (Å²) in [6, 6.07) is 3.63. The van der Waals surface area contributed by atoms with E-state index >= 15 is 0 Å². The van der Waals surface area contributed by atoms with Crippen LogP contribution in [0.2, 0.25) is 0 Å². The maximum atomic E-state index is 11.7. The van der Waals surface area contributed by atoms with Crippen LogP contribution < -0.4 is 19.5 Å². The van der Waals surface area contributed by atoms with E-state index in [0.717, 1.165) is 5.56 Å². The Morgan fingerprint density at radius 2 is 1.65 bits per heavy atom. The monoisotopic (exact) mass is 279 g/mol. The van der Waals surface area contributed by atoms with Gasteiger partial charge in [-0.2, -0.15) is 0 Å². The van der Waals surface area contributed by atoms with Gasteiger partial charge in [0.05, 0.1) is 21.3 Å². The van der Waals surface area contributed by atoms with Crippen molar-refractivity contribution in [3.8, 4) is 17.2 Å². The first-order chi connectivity index (χ1) is 9.42. The molecule has 1 atom stereocenters. The van der Waals surface area contributed by atoms with E-state index in [1.807, 2.05) is 26.0 Å². The number of benzene rings is 1. The fraction of sp³-hybridized carbons (Fsp3) is 0.533. The highest BCUT2D eigenvalue weighted by Crippen LogP contribution is 2.46. The number of ether oxygens (including phenoxy) is 3. The van der Waals surface area contributed by atoms with Gasteiger partial charge in [0.25, 0.3) is 0 Å². The fourth-order valence-corrected chi connectivity index (χ4v) is 2.78. The minimum Gasteiger partial charge on any atom is -0.496 e. The molecule has 1 heterocycles. The van der Waals surface area contributed by atoms with Crippen LogP contribution in [-0.2, 0) is 4.79 Å². The molecule has 1 aromatic rings. The van der Waals surface area contributed by atoms with E-state index in [-0.39, 0.29) is 17.4 Å². The summed E-state index contributed by atoms with van der Waals surface area (Å²) in [5.41, 5.74) is 0.561. The third-order valence-electron chi connectivity index (χ3n) is 3.82. The van der Waals surface area contributed by atoms with Gasteiger partial charge >= 0.3 is 0 Å². The topological polar surface area (TPSA) is 56.8 Å². The second kappa shape index (κ2) is 5.23. The maximum absolute atomic E-state index is 11.7. The Balaban J connectivity index is 2.57. The molecule has 0 bridgehead atoms. The maximum Gasteiger partial charge on any atom is 0.221 e. The zero-order chi connectivity index (χ0) is 14.9. The SMILES string of the molecule is COc1cc(OC)c(C2CC(=O)NC2(C)C)c(OC)c1. The van der Waals surface area contributed by atoms with Gasteiger partial charge in [0.15, 0.2) is 0 Å². The van der Waals surface area contributed by atoms with E-state index in [0.29, 0.717) is 23.7 Å². The average Bonchev–Trinajstić information content (AvgIpc) is 2.69. The Morgan fingerprint density at radius 1 is 1.10 bits per heavy atom. The standard InChI is InChI=1S/C15H21NO4/c1-15(2)10(8-13(17)16-15)14-11(19-4)6-9(18-3)7-12(14)20-5/h6-7,10H,8H2,1-5H3,(H,16,17). The van der Waals surface area contributed by atoms with Crippen LogP contribution in [0.4, 0.5) is 0 Å².